The van der Waals surface area contributed by atoms with Gasteiger partial charge in [-0.3, -0.25) is 15.0 Å². The third-order valence-corrected chi connectivity index (χ3v) is 3.60. The van der Waals surface area contributed by atoms with Gasteiger partial charge in [-0.2, -0.15) is 0 Å². The number of carboxylic acids is 1. The minimum Gasteiger partial charge on any atom is -0.480 e. The van der Waals surface area contributed by atoms with Gasteiger partial charge in [-0.05, 0) is 24.9 Å². The third kappa shape index (κ3) is 4.04. The standard InChI is InChI=1S/C15H22N2O2/c1-2-17(13-8-9-13)11-10-16-14(15(18)19)12-6-4-3-5-7-12/h3-7,13-14,16H,2,8-11H2,1H3,(H,18,19). The van der Waals surface area contributed by atoms with Crippen molar-refractivity contribution in [1.82, 2.24) is 10.2 Å². The molecule has 1 fully saturated rings. The molecule has 0 aromatic heterocycles. The molecule has 1 atom stereocenters. The highest BCUT2D eigenvalue weighted by molar-refractivity contribution is 5.75. The number of likely N-dealkylation sites (N-methyl/N-ethyl adjacent to an activating group) is 1. The Morgan fingerprint density at radius 1 is 1.42 bits per heavy atom. The number of benzene rings is 1. The first-order valence-electron chi connectivity index (χ1n) is 6.97. The molecule has 1 unspecified atom stereocenters. The SMILES string of the molecule is CCN(CCNC(C(=O)O)c1ccccc1)C1CC1. The van der Waals surface area contributed by atoms with E-state index in [1.165, 1.54) is 12.8 Å². The molecular weight excluding hydrogens is 240 g/mol. The van der Waals surface area contributed by atoms with Crippen molar-refractivity contribution in [2.45, 2.75) is 31.8 Å². The van der Waals surface area contributed by atoms with Gasteiger partial charge in [0.2, 0.25) is 0 Å². The lowest BCUT2D eigenvalue weighted by Crippen LogP contribution is -2.37. The van der Waals surface area contributed by atoms with Crippen LogP contribution < -0.4 is 5.32 Å². The summed E-state index contributed by atoms with van der Waals surface area (Å²) >= 11 is 0. The van der Waals surface area contributed by atoms with E-state index in [4.69, 9.17) is 0 Å². The lowest BCUT2D eigenvalue weighted by molar-refractivity contribution is -0.139. The highest BCUT2D eigenvalue weighted by Gasteiger charge is 2.27. The van der Waals surface area contributed by atoms with Crippen molar-refractivity contribution >= 4 is 5.97 Å². The Hall–Kier alpha value is -1.39. The molecule has 0 radical (unpaired) electrons. The van der Waals surface area contributed by atoms with Gasteiger partial charge in [0.1, 0.15) is 6.04 Å². The van der Waals surface area contributed by atoms with Crippen LogP contribution in [0.4, 0.5) is 0 Å². The molecule has 1 aliphatic rings. The molecule has 104 valence electrons. The van der Waals surface area contributed by atoms with Crippen LogP contribution in [0.15, 0.2) is 30.3 Å². The monoisotopic (exact) mass is 262 g/mol. The summed E-state index contributed by atoms with van der Waals surface area (Å²) in [6.45, 7) is 4.81. The fourth-order valence-corrected chi connectivity index (χ4v) is 2.38. The van der Waals surface area contributed by atoms with Gasteiger partial charge in [0.25, 0.3) is 0 Å². The Morgan fingerprint density at radius 2 is 2.11 bits per heavy atom. The number of carboxylic acid groups (broad SMARTS) is 1. The second-order valence-electron chi connectivity index (χ2n) is 5.00. The Balaban J connectivity index is 1.85. The summed E-state index contributed by atoms with van der Waals surface area (Å²) in [6.07, 6.45) is 2.57. The van der Waals surface area contributed by atoms with E-state index in [9.17, 15) is 9.90 Å². The summed E-state index contributed by atoms with van der Waals surface area (Å²) in [5, 5.41) is 12.4. The van der Waals surface area contributed by atoms with Gasteiger partial charge in [-0.1, -0.05) is 37.3 Å². The van der Waals surface area contributed by atoms with Crippen LogP contribution in [0.5, 0.6) is 0 Å². The van der Waals surface area contributed by atoms with Crippen molar-refractivity contribution in [3.05, 3.63) is 35.9 Å². The molecule has 0 bridgehead atoms. The molecule has 1 saturated carbocycles. The molecule has 2 N–H and O–H groups in total. The van der Waals surface area contributed by atoms with Crippen molar-refractivity contribution in [2.75, 3.05) is 19.6 Å². The van der Waals surface area contributed by atoms with Crippen molar-refractivity contribution in [1.29, 1.82) is 0 Å². The molecule has 19 heavy (non-hydrogen) atoms. The molecule has 4 heteroatoms. The van der Waals surface area contributed by atoms with E-state index in [0.717, 1.165) is 24.7 Å². The molecule has 0 spiro atoms. The van der Waals surface area contributed by atoms with Crippen LogP contribution in [0.25, 0.3) is 0 Å². The first-order chi connectivity index (χ1) is 9.22. The van der Waals surface area contributed by atoms with Crippen LogP contribution in [-0.2, 0) is 4.79 Å². The van der Waals surface area contributed by atoms with E-state index >= 15 is 0 Å². The number of rotatable bonds is 8. The summed E-state index contributed by atoms with van der Waals surface area (Å²) in [6, 6.07) is 9.46. The highest BCUT2D eigenvalue weighted by Crippen LogP contribution is 2.25. The number of nitrogens with one attached hydrogen (secondary N) is 1. The fraction of sp³-hybridized carbons (Fsp3) is 0.533. The van der Waals surface area contributed by atoms with Gasteiger partial charge < -0.3 is 5.11 Å². The second-order valence-corrected chi connectivity index (χ2v) is 5.00. The van der Waals surface area contributed by atoms with Crippen LogP contribution in [0.1, 0.15) is 31.4 Å². The maximum absolute atomic E-state index is 11.3. The molecule has 1 aromatic carbocycles. The van der Waals surface area contributed by atoms with E-state index in [-0.39, 0.29) is 0 Å². The molecule has 0 heterocycles. The van der Waals surface area contributed by atoms with Gasteiger partial charge in [-0.25, -0.2) is 0 Å². The smallest absolute Gasteiger partial charge is 0.325 e. The number of aliphatic carboxylic acids is 1. The van der Waals surface area contributed by atoms with E-state index in [1.54, 1.807) is 0 Å². The summed E-state index contributed by atoms with van der Waals surface area (Å²) in [4.78, 5) is 13.7. The molecule has 4 nitrogen and oxygen atoms in total. The quantitative estimate of drug-likeness (QED) is 0.751. The lowest BCUT2D eigenvalue weighted by Gasteiger charge is -2.21. The summed E-state index contributed by atoms with van der Waals surface area (Å²) in [5.74, 6) is -0.819. The Kier molecular flexibility index (Phi) is 4.93. The summed E-state index contributed by atoms with van der Waals surface area (Å²) in [5.41, 5.74) is 0.810. The normalized spacial score (nSPS) is 16.5. The predicted molar refractivity (Wildman–Crippen MR) is 75.1 cm³/mol. The number of hydrogen-bond acceptors (Lipinski definition) is 3. The molecule has 2 rings (SSSR count). The zero-order valence-corrected chi connectivity index (χ0v) is 11.4. The van der Waals surface area contributed by atoms with E-state index in [1.807, 2.05) is 30.3 Å². The fourth-order valence-electron chi connectivity index (χ4n) is 2.38. The Morgan fingerprint density at radius 3 is 2.63 bits per heavy atom. The minimum absolute atomic E-state index is 0.612. The first kappa shape index (κ1) is 14.0. The maximum Gasteiger partial charge on any atom is 0.325 e. The van der Waals surface area contributed by atoms with Crippen LogP contribution in [0.2, 0.25) is 0 Å². The highest BCUT2D eigenvalue weighted by atomic mass is 16.4. The van der Waals surface area contributed by atoms with Crippen LogP contribution >= 0.6 is 0 Å². The zero-order chi connectivity index (χ0) is 13.7. The van der Waals surface area contributed by atoms with Gasteiger partial charge >= 0.3 is 5.97 Å². The molecule has 1 aromatic rings. The number of hydrogen-bond donors (Lipinski definition) is 2. The zero-order valence-electron chi connectivity index (χ0n) is 11.4. The first-order valence-corrected chi connectivity index (χ1v) is 6.97. The van der Waals surface area contributed by atoms with Crippen molar-refractivity contribution in [3.63, 3.8) is 0 Å². The topological polar surface area (TPSA) is 52.6 Å². The second kappa shape index (κ2) is 6.68. The van der Waals surface area contributed by atoms with E-state index < -0.39 is 12.0 Å². The molecule has 1 aliphatic carbocycles. The Labute approximate surface area is 114 Å². The summed E-state index contributed by atoms with van der Waals surface area (Å²) in [7, 11) is 0. The van der Waals surface area contributed by atoms with Gasteiger partial charge in [0.05, 0.1) is 0 Å². The van der Waals surface area contributed by atoms with Crippen molar-refractivity contribution in [2.24, 2.45) is 0 Å². The van der Waals surface area contributed by atoms with Crippen LogP contribution in [0.3, 0.4) is 0 Å². The number of carbonyl (C=O) groups is 1. The van der Waals surface area contributed by atoms with Gasteiger partial charge in [0, 0.05) is 19.1 Å². The molecule has 0 aliphatic heterocycles. The molecule has 0 saturated heterocycles. The maximum atomic E-state index is 11.3. The third-order valence-electron chi connectivity index (χ3n) is 3.60. The number of nitrogens with zero attached hydrogens (tertiary/aromatic N) is 1. The molecular formula is C15H22N2O2. The largest absolute Gasteiger partial charge is 0.480 e. The molecule has 0 amide bonds. The average molecular weight is 262 g/mol. The predicted octanol–water partition coefficient (Wildman–Crippen LogP) is 1.89. The van der Waals surface area contributed by atoms with Crippen LogP contribution in [0, 0.1) is 0 Å². The van der Waals surface area contributed by atoms with Crippen molar-refractivity contribution < 1.29 is 9.90 Å². The van der Waals surface area contributed by atoms with E-state index in [2.05, 4.69) is 17.1 Å². The van der Waals surface area contributed by atoms with E-state index in [0.29, 0.717) is 6.54 Å². The van der Waals surface area contributed by atoms with Gasteiger partial charge in [0.15, 0.2) is 0 Å². The average Bonchev–Trinajstić information content (AvgIpc) is 3.24. The summed E-state index contributed by atoms with van der Waals surface area (Å²) < 4.78 is 0. The minimum atomic E-state index is -0.819. The lowest BCUT2D eigenvalue weighted by atomic mass is 10.1. The van der Waals surface area contributed by atoms with Gasteiger partial charge in [-0.15, -0.1) is 0 Å². The Bertz CT molecular complexity index is 404. The van der Waals surface area contributed by atoms with Crippen LogP contribution in [-0.4, -0.2) is 41.7 Å². The van der Waals surface area contributed by atoms with Crippen molar-refractivity contribution in [3.8, 4) is 0 Å².